The van der Waals surface area contributed by atoms with Gasteiger partial charge in [0.1, 0.15) is 4.21 Å². The number of sulfonamides is 1. The second-order valence-corrected chi connectivity index (χ2v) is 11.7. The van der Waals surface area contributed by atoms with Crippen LogP contribution >= 0.6 is 11.3 Å². The lowest BCUT2D eigenvalue weighted by molar-refractivity contribution is -0.258. The Balaban J connectivity index is 1.64. The van der Waals surface area contributed by atoms with Gasteiger partial charge in [-0.15, -0.1) is 11.3 Å². The molecule has 0 saturated carbocycles. The molecule has 1 aromatic carbocycles. The molecule has 194 valence electrons. The first-order valence-corrected chi connectivity index (χ1v) is 13.5. The number of anilines is 1. The molecule has 0 spiro atoms. The largest absolute Gasteiger partial charge is 0.481 e. The number of aliphatic hydroxyl groups is 1. The minimum atomic E-state index is -4.82. The van der Waals surface area contributed by atoms with Gasteiger partial charge in [0, 0.05) is 49.5 Å². The number of benzene rings is 1. The fraction of sp³-hybridized carbons (Fsp3) is 0.375. The van der Waals surface area contributed by atoms with Crippen molar-refractivity contribution in [2.24, 2.45) is 0 Å². The molecule has 0 aliphatic carbocycles. The summed E-state index contributed by atoms with van der Waals surface area (Å²) in [6, 6.07) is 13.8. The Kier molecular flexibility index (Phi) is 7.33. The summed E-state index contributed by atoms with van der Waals surface area (Å²) in [6.45, 7) is 1.42. The third-order valence-electron chi connectivity index (χ3n) is 6.28. The summed E-state index contributed by atoms with van der Waals surface area (Å²) >= 11 is 1.15. The van der Waals surface area contributed by atoms with Crippen molar-refractivity contribution in [3.05, 3.63) is 71.2 Å². The monoisotopic (exact) mass is 541 g/mol. The van der Waals surface area contributed by atoms with E-state index in [-0.39, 0.29) is 28.9 Å². The summed E-state index contributed by atoms with van der Waals surface area (Å²) in [5, 5.41) is 11.7. The van der Waals surface area contributed by atoms with Crippen LogP contribution in [-0.2, 0) is 22.0 Å². The Morgan fingerprint density at radius 1 is 1.11 bits per heavy atom. The highest BCUT2D eigenvalue weighted by atomic mass is 32.2. The average molecular weight is 542 g/mol. The number of ether oxygens (including phenoxy) is 1. The van der Waals surface area contributed by atoms with Crippen LogP contribution in [0.15, 0.2) is 64.2 Å². The van der Waals surface area contributed by atoms with Gasteiger partial charge in [-0.2, -0.15) is 17.5 Å². The molecule has 3 heterocycles. The quantitative estimate of drug-likeness (QED) is 0.486. The van der Waals surface area contributed by atoms with Crippen molar-refractivity contribution in [1.82, 2.24) is 9.29 Å². The van der Waals surface area contributed by atoms with E-state index in [0.717, 1.165) is 11.3 Å². The maximum atomic E-state index is 13.3. The standard InChI is InChI=1S/C24H26F3N3O4S2/c1-23(31,24(25,26)27)17-8-10-19(11-9-17)30-13-12-29(36(32,33)22-7-4-14-35-22)16-20(30)15-18-5-3-6-21(28-18)34-2/h3-11,14,20,31H,12-13,15-16H2,1-2H3. The van der Waals surface area contributed by atoms with E-state index in [2.05, 4.69) is 4.98 Å². The summed E-state index contributed by atoms with van der Waals surface area (Å²) in [5.41, 5.74) is -1.94. The second-order valence-electron chi connectivity index (χ2n) is 8.63. The molecule has 2 unspecified atom stereocenters. The Morgan fingerprint density at radius 2 is 1.83 bits per heavy atom. The number of alkyl halides is 3. The number of methoxy groups -OCH3 is 1. The van der Waals surface area contributed by atoms with Gasteiger partial charge in [0.25, 0.3) is 10.0 Å². The number of hydrogen-bond donors (Lipinski definition) is 1. The van der Waals surface area contributed by atoms with Crippen molar-refractivity contribution in [3.63, 3.8) is 0 Å². The number of rotatable bonds is 7. The highest BCUT2D eigenvalue weighted by Gasteiger charge is 2.51. The first kappa shape index (κ1) is 26.4. The molecule has 2 atom stereocenters. The molecule has 3 aromatic rings. The Hall–Kier alpha value is -2.67. The number of nitrogens with zero attached hydrogens (tertiary/aromatic N) is 3. The van der Waals surface area contributed by atoms with Gasteiger partial charge in [-0.1, -0.05) is 24.3 Å². The van der Waals surface area contributed by atoms with Gasteiger partial charge in [0.2, 0.25) is 5.88 Å². The minimum Gasteiger partial charge on any atom is -0.481 e. The average Bonchev–Trinajstić information content (AvgIpc) is 3.40. The van der Waals surface area contributed by atoms with Gasteiger partial charge in [0.15, 0.2) is 5.60 Å². The molecule has 36 heavy (non-hydrogen) atoms. The van der Waals surface area contributed by atoms with Crippen LogP contribution in [0.4, 0.5) is 18.9 Å². The topological polar surface area (TPSA) is 83.0 Å². The minimum absolute atomic E-state index is 0.168. The van der Waals surface area contributed by atoms with Crippen molar-refractivity contribution < 1.29 is 31.4 Å². The van der Waals surface area contributed by atoms with Crippen LogP contribution in [0.25, 0.3) is 0 Å². The zero-order valence-corrected chi connectivity index (χ0v) is 21.3. The predicted molar refractivity (Wildman–Crippen MR) is 131 cm³/mol. The number of aromatic nitrogens is 1. The highest BCUT2D eigenvalue weighted by molar-refractivity contribution is 7.91. The van der Waals surface area contributed by atoms with Gasteiger partial charge < -0.3 is 14.7 Å². The summed E-state index contributed by atoms with van der Waals surface area (Å²) < 4.78 is 73.1. The van der Waals surface area contributed by atoms with Crippen LogP contribution < -0.4 is 9.64 Å². The molecule has 0 amide bonds. The van der Waals surface area contributed by atoms with E-state index in [1.807, 2.05) is 11.0 Å². The molecule has 0 radical (unpaired) electrons. The van der Waals surface area contributed by atoms with Gasteiger partial charge in [-0.25, -0.2) is 13.4 Å². The lowest BCUT2D eigenvalue weighted by Gasteiger charge is -2.42. The zero-order valence-electron chi connectivity index (χ0n) is 19.6. The Labute approximate surface area is 211 Å². The number of thiophene rings is 1. The van der Waals surface area contributed by atoms with E-state index in [0.29, 0.717) is 37.2 Å². The lowest BCUT2D eigenvalue weighted by Crippen LogP contribution is -2.55. The predicted octanol–water partition coefficient (Wildman–Crippen LogP) is 4.04. The molecule has 0 bridgehead atoms. The van der Waals surface area contributed by atoms with Crippen molar-refractivity contribution >= 4 is 27.0 Å². The SMILES string of the molecule is COc1cccc(CC2CN(S(=O)(=O)c3cccs3)CCN2c2ccc(C(C)(O)C(F)(F)F)cc2)n1. The molecule has 1 N–H and O–H groups in total. The maximum absolute atomic E-state index is 13.3. The molecular formula is C24H26F3N3O4S2. The third kappa shape index (κ3) is 5.22. The van der Waals surface area contributed by atoms with Crippen LogP contribution in [0, 0.1) is 0 Å². The molecule has 7 nitrogen and oxygen atoms in total. The van der Waals surface area contributed by atoms with Crippen LogP contribution in [0.2, 0.25) is 0 Å². The van der Waals surface area contributed by atoms with Gasteiger partial charge >= 0.3 is 6.18 Å². The molecular weight excluding hydrogens is 515 g/mol. The highest BCUT2D eigenvalue weighted by Crippen LogP contribution is 2.39. The molecule has 2 aromatic heterocycles. The Bertz CT molecular complexity index is 1280. The zero-order chi connectivity index (χ0) is 26.1. The smallest absolute Gasteiger partial charge is 0.421 e. The summed E-state index contributed by atoms with van der Waals surface area (Å²) in [6.07, 6.45) is -4.44. The van der Waals surface area contributed by atoms with E-state index >= 15 is 0 Å². The van der Waals surface area contributed by atoms with E-state index in [9.17, 15) is 26.7 Å². The van der Waals surface area contributed by atoms with Crippen LogP contribution in [0.1, 0.15) is 18.2 Å². The molecule has 1 fully saturated rings. The van der Waals surface area contributed by atoms with Crippen molar-refractivity contribution in [2.75, 3.05) is 31.6 Å². The fourth-order valence-corrected chi connectivity index (χ4v) is 6.78. The van der Waals surface area contributed by atoms with Crippen LogP contribution in [0.3, 0.4) is 0 Å². The lowest BCUT2D eigenvalue weighted by atomic mass is 9.95. The summed E-state index contributed by atoms with van der Waals surface area (Å²) in [4.78, 5) is 6.42. The first-order valence-electron chi connectivity index (χ1n) is 11.1. The van der Waals surface area contributed by atoms with Crippen molar-refractivity contribution in [1.29, 1.82) is 0 Å². The van der Waals surface area contributed by atoms with Crippen molar-refractivity contribution in [3.8, 4) is 5.88 Å². The van der Waals surface area contributed by atoms with E-state index in [1.165, 1.54) is 35.7 Å². The van der Waals surface area contributed by atoms with Crippen LogP contribution in [0.5, 0.6) is 5.88 Å². The molecule has 4 rings (SSSR count). The molecule has 12 heteroatoms. The maximum Gasteiger partial charge on any atom is 0.421 e. The molecule has 1 aliphatic heterocycles. The van der Waals surface area contributed by atoms with E-state index < -0.39 is 21.8 Å². The normalized spacial score (nSPS) is 19.2. The van der Waals surface area contributed by atoms with Gasteiger partial charge in [0.05, 0.1) is 7.11 Å². The molecule has 1 saturated heterocycles. The fourth-order valence-electron chi connectivity index (χ4n) is 4.16. The number of halogens is 3. The van der Waals surface area contributed by atoms with Gasteiger partial charge in [-0.3, -0.25) is 0 Å². The number of hydrogen-bond acceptors (Lipinski definition) is 7. The number of pyridine rings is 1. The number of piperazine rings is 1. The van der Waals surface area contributed by atoms with Crippen molar-refractivity contribution in [2.45, 2.75) is 35.4 Å². The molecule has 1 aliphatic rings. The first-order chi connectivity index (χ1) is 16.9. The van der Waals surface area contributed by atoms with E-state index in [1.54, 1.807) is 29.6 Å². The summed E-state index contributed by atoms with van der Waals surface area (Å²) in [5.74, 6) is 0.427. The van der Waals surface area contributed by atoms with Gasteiger partial charge in [-0.05, 0) is 42.1 Å². The van der Waals surface area contributed by atoms with E-state index in [4.69, 9.17) is 4.74 Å². The summed E-state index contributed by atoms with van der Waals surface area (Å²) in [7, 11) is -2.18. The Morgan fingerprint density at radius 3 is 2.44 bits per heavy atom. The third-order valence-corrected chi connectivity index (χ3v) is 9.52. The second kappa shape index (κ2) is 10.0. The van der Waals surface area contributed by atoms with Crippen LogP contribution in [-0.4, -0.2) is 61.8 Å².